The van der Waals surface area contributed by atoms with Gasteiger partial charge in [-0.2, -0.15) is 0 Å². The van der Waals surface area contributed by atoms with E-state index in [1.165, 1.54) is 16.9 Å². The highest BCUT2D eigenvalue weighted by Gasteiger charge is 2.34. The molecule has 2 aliphatic rings. The molecular weight excluding hydrogens is 284 g/mol. The number of hydrogen-bond acceptors (Lipinski definition) is 4. The fourth-order valence-corrected chi connectivity index (χ4v) is 4.63. The second-order valence-electron chi connectivity index (χ2n) is 5.94. The summed E-state index contributed by atoms with van der Waals surface area (Å²) in [5.74, 6) is 0.980. The Morgan fingerprint density at radius 1 is 1.38 bits per heavy atom. The highest BCUT2D eigenvalue weighted by Crippen LogP contribution is 2.36. The maximum Gasteiger partial charge on any atom is 0.264 e. The first-order chi connectivity index (χ1) is 10.2. The summed E-state index contributed by atoms with van der Waals surface area (Å²) in [6, 6.07) is 4.11. The van der Waals surface area contributed by atoms with Crippen LogP contribution >= 0.6 is 11.3 Å². The average Bonchev–Trinajstić information content (AvgIpc) is 3.20. The molecule has 21 heavy (non-hydrogen) atoms. The van der Waals surface area contributed by atoms with E-state index >= 15 is 0 Å². The van der Waals surface area contributed by atoms with Crippen LogP contribution in [0, 0.1) is 6.92 Å². The minimum atomic E-state index is 0.0515. The molecule has 1 amide bonds. The molecule has 4 nitrogen and oxygen atoms in total. The van der Waals surface area contributed by atoms with Crippen molar-refractivity contribution in [3.05, 3.63) is 38.9 Å². The molecule has 1 aliphatic carbocycles. The summed E-state index contributed by atoms with van der Waals surface area (Å²) < 4.78 is 5.39. The van der Waals surface area contributed by atoms with Gasteiger partial charge >= 0.3 is 0 Å². The van der Waals surface area contributed by atoms with E-state index in [0.717, 1.165) is 48.6 Å². The zero-order valence-electron chi connectivity index (χ0n) is 12.1. The standard InChI is InChI=1S/C16H18N2O2S/c1-10-8-13(20-17-10)12-5-3-7-18(12)16(19)15-9-11-4-2-6-14(11)21-15/h8-9,12H,2-7H2,1H3/t12-/m0/s1. The minimum absolute atomic E-state index is 0.0515. The van der Waals surface area contributed by atoms with Crippen LogP contribution < -0.4 is 0 Å². The zero-order valence-corrected chi connectivity index (χ0v) is 12.9. The number of likely N-dealkylation sites (tertiary alicyclic amines) is 1. The summed E-state index contributed by atoms with van der Waals surface area (Å²) in [7, 11) is 0. The Balaban J connectivity index is 1.60. The Morgan fingerprint density at radius 2 is 2.29 bits per heavy atom. The molecule has 0 saturated carbocycles. The number of thiophene rings is 1. The quantitative estimate of drug-likeness (QED) is 0.853. The Hall–Kier alpha value is -1.62. The molecule has 0 spiro atoms. The van der Waals surface area contributed by atoms with Gasteiger partial charge in [-0.25, -0.2) is 0 Å². The molecule has 3 heterocycles. The largest absolute Gasteiger partial charge is 0.359 e. The number of amides is 1. The predicted octanol–water partition coefficient (Wildman–Crippen LogP) is 3.51. The van der Waals surface area contributed by atoms with Crippen LogP contribution in [0.25, 0.3) is 0 Å². The lowest BCUT2D eigenvalue weighted by atomic mass is 10.1. The van der Waals surface area contributed by atoms with Gasteiger partial charge in [0.05, 0.1) is 16.6 Å². The lowest BCUT2D eigenvalue weighted by molar-refractivity contribution is 0.0719. The Morgan fingerprint density at radius 3 is 3.05 bits per heavy atom. The van der Waals surface area contributed by atoms with Crippen molar-refractivity contribution >= 4 is 17.2 Å². The SMILES string of the molecule is Cc1cc([C@@H]2CCCN2C(=O)c2cc3c(s2)CCC3)on1. The third-order valence-electron chi connectivity index (χ3n) is 4.45. The molecule has 0 unspecified atom stereocenters. The molecular formula is C16H18N2O2S. The molecule has 4 rings (SSSR count). The van der Waals surface area contributed by atoms with Crippen LogP contribution in [0.3, 0.4) is 0 Å². The van der Waals surface area contributed by atoms with E-state index in [1.807, 2.05) is 17.9 Å². The lowest BCUT2D eigenvalue weighted by Gasteiger charge is -2.21. The monoisotopic (exact) mass is 302 g/mol. The van der Waals surface area contributed by atoms with Gasteiger partial charge in [-0.05, 0) is 50.7 Å². The molecule has 0 aromatic carbocycles. The zero-order chi connectivity index (χ0) is 14.4. The predicted molar refractivity (Wildman–Crippen MR) is 80.6 cm³/mol. The highest BCUT2D eigenvalue weighted by atomic mass is 32.1. The van der Waals surface area contributed by atoms with Crippen molar-refractivity contribution in [1.82, 2.24) is 10.1 Å². The molecule has 0 radical (unpaired) electrons. The minimum Gasteiger partial charge on any atom is -0.359 e. The van der Waals surface area contributed by atoms with Crippen molar-refractivity contribution in [2.45, 2.75) is 45.1 Å². The van der Waals surface area contributed by atoms with E-state index in [0.29, 0.717) is 0 Å². The van der Waals surface area contributed by atoms with Crippen LogP contribution in [0.1, 0.15) is 56.9 Å². The summed E-state index contributed by atoms with van der Waals surface area (Å²) in [4.78, 5) is 17.1. The van der Waals surface area contributed by atoms with E-state index in [1.54, 1.807) is 11.3 Å². The number of fused-ring (bicyclic) bond motifs is 1. The second kappa shape index (κ2) is 4.98. The van der Waals surface area contributed by atoms with Gasteiger partial charge in [0.1, 0.15) is 0 Å². The molecule has 1 atom stereocenters. The highest BCUT2D eigenvalue weighted by molar-refractivity contribution is 7.14. The summed E-state index contributed by atoms with van der Waals surface area (Å²) in [5, 5.41) is 3.96. The fraction of sp³-hybridized carbons (Fsp3) is 0.500. The third-order valence-corrected chi connectivity index (χ3v) is 5.67. The summed E-state index contributed by atoms with van der Waals surface area (Å²) in [5.41, 5.74) is 2.26. The number of hydrogen-bond donors (Lipinski definition) is 0. The first-order valence-electron chi connectivity index (χ1n) is 7.58. The van der Waals surface area contributed by atoms with Crippen molar-refractivity contribution in [1.29, 1.82) is 0 Å². The van der Waals surface area contributed by atoms with Gasteiger partial charge in [-0.3, -0.25) is 4.79 Å². The number of rotatable bonds is 2. The number of aromatic nitrogens is 1. The fourth-order valence-electron chi connectivity index (χ4n) is 3.42. The van der Waals surface area contributed by atoms with E-state index in [2.05, 4.69) is 11.2 Å². The van der Waals surface area contributed by atoms with E-state index < -0.39 is 0 Å². The second-order valence-corrected chi connectivity index (χ2v) is 7.08. The normalized spacial score (nSPS) is 21.0. The Bertz CT molecular complexity index is 667. The lowest BCUT2D eigenvalue weighted by Crippen LogP contribution is -2.29. The molecule has 1 saturated heterocycles. The summed E-state index contributed by atoms with van der Waals surface area (Å²) in [6.07, 6.45) is 5.49. The van der Waals surface area contributed by atoms with Gasteiger partial charge < -0.3 is 9.42 Å². The van der Waals surface area contributed by atoms with Crippen LogP contribution in [0.2, 0.25) is 0 Å². The number of nitrogens with zero attached hydrogens (tertiary/aromatic N) is 2. The molecule has 1 fully saturated rings. The van der Waals surface area contributed by atoms with Crippen molar-refractivity contribution in [3.63, 3.8) is 0 Å². The number of aryl methyl sites for hydroxylation is 3. The van der Waals surface area contributed by atoms with Gasteiger partial charge in [-0.15, -0.1) is 11.3 Å². The van der Waals surface area contributed by atoms with Gasteiger partial charge in [0.15, 0.2) is 5.76 Å². The Labute approximate surface area is 127 Å². The molecule has 1 aliphatic heterocycles. The van der Waals surface area contributed by atoms with E-state index in [4.69, 9.17) is 4.52 Å². The van der Waals surface area contributed by atoms with Crippen LogP contribution in [0.5, 0.6) is 0 Å². The van der Waals surface area contributed by atoms with E-state index in [9.17, 15) is 4.79 Å². The number of carbonyl (C=O) groups is 1. The molecule has 0 N–H and O–H groups in total. The van der Waals surface area contributed by atoms with Gasteiger partial charge in [0.25, 0.3) is 5.91 Å². The first-order valence-corrected chi connectivity index (χ1v) is 8.40. The van der Waals surface area contributed by atoms with E-state index in [-0.39, 0.29) is 11.9 Å². The van der Waals surface area contributed by atoms with Crippen LogP contribution in [-0.4, -0.2) is 22.5 Å². The maximum atomic E-state index is 12.8. The van der Waals surface area contributed by atoms with Crippen molar-refractivity contribution in [2.24, 2.45) is 0 Å². The van der Waals surface area contributed by atoms with Crippen LogP contribution in [0.4, 0.5) is 0 Å². The maximum absolute atomic E-state index is 12.8. The third kappa shape index (κ3) is 2.20. The van der Waals surface area contributed by atoms with Gasteiger partial charge in [0, 0.05) is 17.5 Å². The molecule has 0 bridgehead atoms. The van der Waals surface area contributed by atoms with Crippen molar-refractivity contribution in [2.75, 3.05) is 6.54 Å². The van der Waals surface area contributed by atoms with Gasteiger partial charge in [0.2, 0.25) is 0 Å². The summed E-state index contributed by atoms with van der Waals surface area (Å²) in [6.45, 7) is 2.73. The molecule has 5 heteroatoms. The van der Waals surface area contributed by atoms with Crippen molar-refractivity contribution < 1.29 is 9.32 Å². The Kier molecular flexibility index (Phi) is 3.10. The topological polar surface area (TPSA) is 46.3 Å². The first kappa shape index (κ1) is 13.1. The van der Waals surface area contributed by atoms with Crippen LogP contribution in [0.15, 0.2) is 16.7 Å². The summed E-state index contributed by atoms with van der Waals surface area (Å²) >= 11 is 1.68. The number of carbonyl (C=O) groups excluding carboxylic acids is 1. The van der Waals surface area contributed by atoms with Crippen molar-refractivity contribution in [3.8, 4) is 0 Å². The van der Waals surface area contributed by atoms with Gasteiger partial charge in [-0.1, -0.05) is 5.16 Å². The molecule has 110 valence electrons. The van der Waals surface area contributed by atoms with Crippen LogP contribution in [-0.2, 0) is 12.8 Å². The molecule has 2 aromatic rings. The average molecular weight is 302 g/mol. The molecule has 2 aromatic heterocycles. The smallest absolute Gasteiger partial charge is 0.264 e.